The van der Waals surface area contributed by atoms with E-state index in [1.165, 1.54) is 31.4 Å². The highest BCUT2D eigenvalue weighted by molar-refractivity contribution is 5.95. The lowest BCUT2D eigenvalue weighted by molar-refractivity contribution is -0.385. The van der Waals surface area contributed by atoms with Crippen molar-refractivity contribution in [2.75, 3.05) is 27.4 Å². The molecule has 0 bridgehead atoms. The maximum Gasteiger partial charge on any atom is 0.345 e. The van der Waals surface area contributed by atoms with Gasteiger partial charge in [-0.25, -0.2) is 4.79 Å². The Morgan fingerprint density at radius 2 is 1.79 bits per heavy atom. The van der Waals surface area contributed by atoms with Crippen molar-refractivity contribution in [2.45, 2.75) is 6.42 Å². The standard InChI is InChI=1S/C19H20N2O7/c1-26-16-8-7-13(11-17(16)27-2)9-10-20-18(22)12-28-19(23)14-5-3-4-6-15(14)21(24)25/h3-8,11H,9-10,12H2,1-2H3,(H,20,22). The summed E-state index contributed by atoms with van der Waals surface area (Å²) in [5.41, 5.74) is 0.349. The van der Waals surface area contributed by atoms with Gasteiger partial charge in [-0.3, -0.25) is 14.9 Å². The zero-order valence-corrected chi connectivity index (χ0v) is 15.5. The fourth-order valence-electron chi connectivity index (χ4n) is 2.45. The maximum atomic E-state index is 12.0. The van der Waals surface area contributed by atoms with Crippen molar-refractivity contribution >= 4 is 17.6 Å². The third kappa shape index (κ3) is 5.44. The number of ether oxygens (including phenoxy) is 3. The van der Waals surface area contributed by atoms with E-state index in [2.05, 4.69) is 5.32 Å². The largest absolute Gasteiger partial charge is 0.493 e. The lowest BCUT2D eigenvalue weighted by Crippen LogP contribution is -2.30. The zero-order valence-electron chi connectivity index (χ0n) is 15.5. The fourth-order valence-corrected chi connectivity index (χ4v) is 2.45. The van der Waals surface area contributed by atoms with Crippen LogP contribution in [0, 0.1) is 10.1 Å². The number of nitrogens with zero attached hydrogens (tertiary/aromatic N) is 1. The quantitative estimate of drug-likeness (QED) is 0.397. The molecule has 0 fully saturated rings. The number of carbonyl (C=O) groups is 2. The van der Waals surface area contributed by atoms with Crippen LogP contribution in [-0.2, 0) is 16.0 Å². The third-order valence-corrected chi connectivity index (χ3v) is 3.84. The maximum absolute atomic E-state index is 12.0. The Labute approximate surface area is 161 Å². The van der Waals surface area contributed by atoms with E-state index in [0.717, 1.165) is 5.56 Å². The number of benzene rings is 2. The number of methoxy groups -OCH3 is 2. The summed E-state index contributed by atoms with van der Waals surface area (Å²) in [6, 6.07) is 10.8. The number of carbonyl (C=O) groups excluding carboxylic acids is 2. The summed E-state index contributed by atoms with van der Waals surface area (Å²) in [5, 5.41) is 13.5. The van der Waals surface area contributed by atoms with Gasteiger partial charge in [0.15, 0.2) is 18.1 Å². The lowest BCUT2D eigenvalue weighted by Gasteiger charge is -2.10. The van der Waals surface area contributed by atoms with Crippen molar-refractivity contribution < 1.29 is 28.7 Å². The Kier molecular flexibility index (Phi) is 7.32. The second-order valence-electron chi connectivity index (χ2n) is 5.64. The molecular formula is C19H20N2O7. The lowest BCUT2D eigenvalue weighted by atomic mass is 10.1. The fraction of sp³-hybridized carbons (Fsp3) is 0.263. The van der Waals surface area contributed by atoms with E-state index in [4.69, 9.17) is 14.2 Å². The second-order valence-corrected chi connectivity index (χ2v) is 5.64. The molecular weight excluding hydrogens is 368 g/mol. The highest BCUT2D eigenvalue weighted by atomic mass is 16.6. The van der Waals surface area contributed by atoms with Crippen molar-refractivity contribution in [1.29, 1.82) is 0 Å². The van der Waals surface area contributed by atoms with Gasteiger partial charge in [-0.2, -0.15) is 0 Å². The number of nitro groups is 1. The summed E-state index contributed by atoms with van der Waals surface area (Å²) < 4.78 is 15.2. The first kappa shape index (κ1) is 20.7. The zero-order chi connectivity index (χ0) is 20.5. The van der Waals surface area contributed by atoms with E-state index < -0.39 is 23.4 Å². The molecule has 2 rings (SSSR count). The molecule has 28 heavy (non-hydrogen) atoms. The molecule has 0 heterocycles. The number of para-hydroxylation sites is 1. The Morgan fingerprint density at radius 3 is 2.46 bits per heavy atom. The molecule has 0 radical (unpaired) electrons. The number of hydrogen-bond acceptors (Lipinski definition) is 7. The molecule has 9 heteroatoms. The van der Waals surface area contributed by atoms with Crippen LogP contribution in [0.15, 0.2) is 42.5 Å². The summed E-state index contributed by atoms with van der Waals surface area (Å²) in [4.78, 5) is 34.1. The number of amides is 1. The van der Waals surface area contributed by atoms with Gasteiger partial charge in [-0.15, -0.1) is 0 Å². The molecule has 9 nitrogen and oxygen atoms in total. The average molecular weight is 388 g/mol. The highest BCUT2D eigenvalue weighted by Crippen LogP contribution is 2.27. The van der Waals surface area contributed by atoms with Gasteiger partial charge in [0.1, 0.15) is 5.56 Å². The van der Waals surface area contributed by atoms with E-state index in [0.29, 0.717) is 24.5 Å². The van der Waals surface area contributed by atoms with Gasteiger partial charge < -0.3 is 19.5 Å². The van der Waals surface area contributed by atoms with Crippen LogP contribution >= 0.6 is 0 Å². The molecule has 0 saturated heterocycles. The molecule has 148 valence electrons. The van der Waals surface area contributed by atoms with Gasteiger partial charge in [-0.05, 0) is 30.2 Å². The summed E-state index contributed by atoms with van der Waals surface area (Å²) in [6.07, 6.45) is 0.532. The van der Waals surface area contributed by atoms with Gasteiger partial charge >= 0.3 is 5.97 Å². The molecule has 2 aromatic rings. The summed E-state index contributed by atoms with van der Waals surface area (Å²) in [7, 11) is 3.08. The summed E-state index contributed by atoms with van der Waals surface area (Å²) in [5.74, 6) is -0.239. The Balaban J connectivity index is 1.82. The minimum absolute atomic E-state index is 0.203. The number of esters is 1. The number of rotatable bonds is 9. The van der Waals surface area contributed by atoms with E-state index >= 15 is 0 Å². The van der Waals surface area contributed by atoms with E-state index in [1.54, 1.807) is 19.2 Å². The van der Waals surface area contributed by atoms with Gasteiger partial charge in [0.05, 0.1) is 19.1 Å². The molecule has 0 aliphatic rings. The minimum atomic E-state index is -0.928. The predicted molar refractivity (Wildman–Crippen MR) is 99.6 cm³/mol. The van der Waals surface area contributed by atoms with Crippen molar-refractivity contribution in [3.63, 3.8) is 0 Å². The Bertz CT molecular complexity index is 867. The molecule has 0 saturated carbocycles. The topological polar surface area (TPSA) is 117 Å². The second kappa shape index (κ2) is 9.91. The van der Waals surface area contributed by atoms with Crippen LogP contribution < -0.4 is 14.8 Å². The van der Waals surface area contributed by atoms with Crippen molar-refractivity contribution in [2.24, 2.45) is 0 Å². The van der Waals surface area contributed by atoms with Crippen molar-refractivity contribution in [1.82, 2.24) is 5.32 Å². The van der Waals surface area contributed by atoms with Gasteiger partial charge in [0.2, 0.25) is 0 Å². The molecule has 0 aliphatic heterocycles. The normalized spacial score (nSPS) is 10.1. The molecule has 1 N–H and O–H groups in total. The Hall–Kier alpha value is -3.62. The first-order valence-corrected chi connectivity index (χ1v) is 8.34. The first-order valence-electron chi connectivity index (χ1n) is 8.34. The van der Waals surface area contributed by atoms with E-state index in [-0.39, 0.29) is 11.3 Å². The molecule has 1 amide bonds. The van der Waals surface area contributed by atoms with Crippen LogP contribution in [0.1, 0.15) is 15.9 Å². The molecule has 0 atom stereocenters. The smallest absolute Gasteiger partial charge is 0.345 e. The molecule has 0 aliphatic carbocycles. The van der Waals surface area contributed by atoms with Crippen LogP contribution in [-0.4, -0.2) is 44.2 Å². The summed E-state index contributed by atoms with van der Waals surface area (Å²) in [6.45, 7) is -0.214. The predicted octanol–water partition coefficient (Wildman–Crippen LogP) is 2.13. The van der Waals surface area contributed by atoms with Crippen LogP contribution in [0.5, 0.6) is 11.5 Å². The average Bonchev–Trinajstić information content (AvgIpc) is 2.71. The van der Waals surface area contributed by atoms with Crippen LogP contribution in [0.4, 0.5) is 5.69 Å². The van der Waals surface area contributed by atoms with E-state index in [1.807, 2.05) is 6.07 Å². The number of nitrogens with one attached hydrogen (secondary N) is 1. The van der Waals surface area contributed by atoms with Crippen LogP contribution in [0.2, 0.25) is 0 Å². The molecule has 2 aromatic carbocycles. The monoisotopic (exact) mass is 388 g/mol. The van der Waals surface area contributed by atoms with Crippen LogP contribution in [0.3, 0.4) is 0 Å². The van der Waals surface area contributed by atoms with Crippen molar-refractivity contribution in [3.8, 4) is 11.5 Å². The first-order chi connectivity index (χ1) is 13.5. The molecule has 0 unspecified atom stereocenters. The van der Waals surface area contributed by atoms with Crippen LogP contribution in [0.25, 0.3) is 0 Å². The highest BCUT2D eigenvalue weighted by Gasteiger charge is 2.21. The third-order valence-electron chi connectivity index (χ3n) is 3.84. The van der Waals surface area contributed by atoms with Gasteiger partial charge in [-0.1, -0.05) is 18.2 Å². The molecule has 0 aromatic heterocycles. The SMILES string of the molecule is COc1ccc(CCNC(=O)COC(=O)c2ccccc2[N+](=O)[O-])cc1OC. The minimum Gasteiger partial charge on any atom is -0.493 e. The summed E-state index contributed by atoms with van der Waals surface area (Å²) >= 11 is 0. The number of hydrogen-bond donors (Lipinski definition) is 1. The van der Waals surface area contributed by atoms with Gasteiger partial charge in [0, 0.05) is 12.6 Å². The van der Waals surface area contributed by atoms with E-state index in [9.17, 15) is 19.7 Å². The molecule has 0 spiro atoms. The van der Waals surface area contributed by atoms with Gasteiger partial charge in [0.25, 0.3) is 11.6 Å². The van der Waals surface area contributed by atoms with Crippen molar-refractivity contribution in [3.05, 3.63) is 63.7 Å². The Morgan fingerprint density at radius 1 is 1.07 bits per heavy atom. The number of nitro benzene ring substituents is 1.